The van der Waals surface area contributed by atoms with Crippen LogP contribution in [-0.4, -0.2) is 51.7 Å². The molecule has 3 heterocycles. The van der Waals surface area contributed by atoms with Crippen molar-refractivity contribution in [2.75, 3.05) is 26.2 Å². The van der Waals surface area contributed by atoms with Crippen LogP contribution in [-0.2, 0) is 13.6 Å². The maximum absolute atomic E-state index is 12.2. The Bertz CT molecular complexity index is 801. The van der Waals surface area contributed by atoms with Crippen LogP contribution in [0.2, 0.25) is 0 Å². The number of fused-ring (bicyclic) bond motifs is 1. The van der Waals surface area contributed by atoms with Crippen LogP contribution in [0.3, 0.4) is 0 Å². The van der Waals surface area contributed by atoms with Gasteiger partial charge in [-0.05, 0) is 28.4 Å². The second-order valence-electron chi connectivity index (χ2n) is 5.75. The second kappa shape index (κ2) is 6.62. The maximum atomic E-state index is 12.2. The lowest BCUT2D eigenvalue weighted by Gasteiger charge is -2.19. The molecule has 1 aliphatic rings. The molecule has 1 fully saturated rings. The molecule has 0 spiro atoms. The molecule has 0 aliphatic carbocycles. The van der Waals surface area contributed by atoms with Gasteiger partial charge in [0.2, 0.25) is 0 Å². The van der Waals surface area contributed by atoms with Gasteiger partial charge >= 0.3 is 6.09 Å². The van der Waals surface area contributed by atoms with Gasteiger partial charge in [-0.15, -0.1) is 11.3 Å². The molecule has 6 nitrogen and oxygen atoms in total. The van der Waals surface area contributed by atoms with Crippen molar-refractivity contribution in [3.05, 3.63) is 32.0 Å². The number of hydrogen-bond donors (Lipinski definition) is 1. The molecule has 0 atom stereocenters. The number of hydrogen-bond acceptors (Lipinski definition) is 4. The number of halogens is 1. The maximum Gasteiger partial charge on any atom is 0.407 e. The smallest absolute Gasteiger partial charge is 0.407 e. The van der Waals surface area contributed by atoms with Crippen LogP contribution in [0.15, 0.2) is 21.5 Å². The van der Waals surface area contributed by atoms with Gasteiger partial charge in [0.25, 0.3) is 5.56 Å². The Morgan fingerprint density at radius 2 is 2.13 bits per heavy atom. The summed E-state index contributed by atoms with van der Waals surface area (Å²) in [5, 5.41) is 9.83. The topological polar surface area (TPSA) is 65.8 Å². The van der Waals surface area contributed by atoms with Crippen LogP contribution in [0.25, 0.3) is 10.1 Å². The number of thiophene rings is 1. The number of pyridine rings is 1. The first-order chi connectivity index (χ1) is 11.0. The summed E-state index contributed by atoms with van der Waals surface area (Å²) in [6.45, 7) is 3.47. The molecule has 124 valence electrons. The molecule has 0 unspecified atom stereocenters. The molecule has 2 aromatic rings. The molecule has 1 N–H and O–H groups in total. The zero-order chi connectivity index (χ0) is 16.6. The van der Waals surface area contributed by atoms with Crippen molar-refractivity contribution in [2.45, 2.75) is 13.0 Å². The molecular formula is C15H18BrN3O3S. The van der Waals surface area contributed by atoms with Crippen LogP contribution in [0.5, 0.6) is 0 Å². The highest BCUT2D eigenvalue weighted by atomic mass is 79.9. The average molecular weight is 400 g/mol. The molecule has 8 heteroatoms. The Labute approximate surface area is 146 Å². The standard InChI is InChI=1S/C15H18BrN3O3S/c1-17-9-12(16)13-11(14(17)20)7-10(23-13)8-18-3-2-4-19(6-5-18)15(21)22/h7,9H,2-6,8H2,1H3,(H,21,22). The van der Waals surface area contributed by atoms with Crippen LogP contribution >= 0.6 is 27.3 Å². The predicted octanol–water partition coefficient (Wildman–Crippen LogP) is 2.55. The van der Waals surface area contributed by atoms with E-state index >= 15 is 0 Å². The Morgan fingerprint density at radius 3 is 2.87 bits per heavy atom. The third kappa shape index (κ3) is 3.44. The zero-order valence-electron chi connectivity index (χ0n) is 12.8. The summed E-state index contributed by atoms with van der Waals surface area (Å²) in [4.78, 5) is 28.1. The Kier molecular flexibility index (Phi) is 4.74. The fourth-order valence-corrected chi connectivity index (χ4v) is 4.73. The van der Waals surface area contributed by atoms with Crippen molar-refractivity contribution in [1.82, 2.24) is 14.4 Å². The molecule has 0 radical (unpaired) electrons. The van der Waals surface area contributed by atoms with Crippen molar-refractivity contribution in [1.29, 1.82) is 0 Å². The molecule has 3 rings (SSSR count). The minimum Gasteiger partial charge on any atom is -0.465 e. The van der Waals surface area contributed by atoms with E-state index in [2.05, 4.69) is 20.8 Å². The fraction of sp³-hybridized carbons (Fsp3) is 0.467. The Morgan fingerprint density at radius 1 is 1.35 bits per heavy atom. The van der Waals surface area contributed by atoms with E-state index in [9.17, 15) is 9.59 Å². The van der Waals surface area contributed by atoms with Gasteiger partial charge in [-0.3, -0.25) is 9.69 Å². The first kappa shape index (κ1) is 16.5. The van der Waals surface area contributed by atoms with Crippen molar-refractivity contribution >= 4 is 43.4 Å². The number of carbonyl (C=O) groups is 1. The van der Waals surface area contributed by atoms with Crippen LogP contribution in [0, 0.1) is 0 Å². The quantitative estimate of drug-likeness (QED) is 0.842. The second-order valence-corrected chi connectivity index (χ2v) is 7.74. The summed E-state index contributed by atoms with van der Waals surface area (Å²) in [5.74, 6) is 0. The third-order valence-electron chi connectivity index (χ3n) is 4.10. The van der Waals surface area contributed by atoms with Gasteiger partial charge in [0.15, 0.2) is 0 Å². The van der Waals surface area contributed by atoms with Gasteiger partial charge in [0, 0.05) is 50.8 Å². The van der Waals surface area contributed by atoms with E-state index in [-0.39, 0.29) is 5.56 Å². The molecule has 0 bridgehead atoms. The molecule has 2 aromatic heterocycles. The van der Waals surface area contributed by atoms with E-state index in [0.29, 0.717) is 13.1 Å². The molecular weight excluding hydrogens is 382 g/mol. The number of nitrogens with zero attached hydrogens (tertiary/aromatic N) is 3. The van der Waals surface area contributed by atoms with Gasteiger partial charge in [-0.1, -0.05) is 0 Å². The summed E-state index contributed by atoms with van der Waals surface area (Å²) in [5.41, 5.74) is 0.0126. The monoisotopic (exact) mass is 399 g/mol. The van der Waals surface area contributed by atoms with E-state index < -0.39 is 6.09 Å². The molecule has 1 amide bonds. The van der Waals surface area contributed by atoms with Crippen molar-refractivity contribution in [3.63, 3.8) is 0 Å². The van der Waals surface area contributed by atoms with E-state index in [4.69, 9.17) is 5.11 Å². The van der Waals surface area contributed by atoms with Crippen molar-refractivity contribution in [2.24, 2.45) is 7.05 Å². The van der Waals surface area contributed by atoms with Crippen molar-refractivity contribution in [3.8, 4) is 0 Å². The van der Waals surface area contributed by atoms with E-state index in [1.807, 2.05) is 6.07 Å². The minimum atomic E-state index is -0.846. The Balaban J connectivity index is 1.79. The predicted molar refractivity (Wildman–Crippen MR) is 94.3 cm³/mol. The summed E-state index contributed by atoms with van der Waals surface area (Å²) < 4.78 is 3.49. The highest BCUT2D eigenvalue weighted by molar-refractivity contribution is 9.10. The first-order valence-corrected chi connectivity index (χ1v) is 9.04. The third-order valence-corrected chi connectivity index (χ3v) is 6.11. The highest BCUT2D eigenvalue weighted by Crippen LogP contribution is 2.30. The highest BCUT2D eigenvalue weighted by Gasteiger charge is 2.19. The SMILES string of the molecule is Cn1cc(Br)c2sc(CN3CCCN(C(=O)O)CC3)cc2c1=O. The number of rotatable bonds is 2. The lowest BCUT2D eigenvalue weighted by atomic mass is 10.3. The molecule has 0 saturated carbocycles. The number of carboxylic acid groups (broad SMARTS) is 1. The van der Waals surface area contributed by atoms with Gasteiger partial charge in [-0.25, -0.2) is 4.79 Å². The fourth-order valence-electron chi connectivity index (χ4n) is 2.87. The van der Waals surface area contributed by atoms with E-state index in [0.717, 1.165) is 45.5 Å². The van der Waals surface area contributed by atoms with Gasteiger partial charge in [0.05, 0.1) is 14.6 Å². The van der Waals surface area contributed by atoms with E-state index in [1.165, 1.54) is 4.90 Å². The summed E-state index contributed by atoms with van der Waals surface area (Å²) in [7, 11) is 1.75. The number of amides is 1. The van der Waals surface area contributed by atoms with E-state index in [1.54, 1.807) is 29.1 Å². The normalized spacial score (nSPS) is 16.7. The van der Waals surface area contributed by atoms with Crippen LogP contribution < -0.4 is 5.56 Å². The van der Waals surface area contributed by atoms with Gasteiger partial charge in [-0.2, -0.15) is 0 Å². The number of aromatic nitrogens is 1. The summed E-state index contributed by atoms with van der Waals surface area (Å²) in [6, 6.07) is 1.97. The molecule has 1 saturated heterocycles. The van der Waals surface area contributed by atoms with Crippen LogP contribution in [0.4, 0.5) is 4.79 Å². The first-order valence-electron chi connectivity index (χ1n) is 7.43. The zero-order valence-corrected chi connectivity index (χ0v) is 15.2. The average Bonchev–Trinajstić information content (AvgIpc) is 2.77. The largest absolute Gasteiger partial charge is 0.465 e. The van der Waals surface area contributed by atoms with Gasteiger partial charge < -0.3 is 14.6 Å². The Hall–Kier alpha value is -1.38. The lowest BCUT2D eigenvalue weighted by Crippen LogP contribution is -2.33. The molecule has 1 aliphatic heterocycles. The summed E-state index contributed by atoms with van der Waals surface area (Å²) >= 11 is 5.14. The molecule has 0 aromatic carbocycles. The van der Waals surface area contributed by atoms with Gasteiger partial charge in [0.1, 0.15) is 0 Å². The summed E-state index contributed by atoms with van der Waals surface area (Å²) in [6.07, 6.45) is 1.78. The van der Waals surface area contributed by atoms with Crippen LogP contribution in [0.1, 0.15) is 11.3 Å². The molecule has 23 heavy (non-hydrogen) atoms. The van der Waals surface area contributed by atoms with Crippen molar-refractivity contribution < 1.29 is 9.90 Å². The lowest BCUT2D eigenvalue weighted by molar-refractivity contribution is 0.146. The number of aryl methyl sites for hydroxylation is 1. The minimum absolute atomic E-state index is 0.0126.